The van der Waals surface area contributed by atoms with E-state index in [-0.39, 0.29) is 6.04 Å². The lowest BCUT2D eigenvalue weighted by molar-refractivity contribution is 0.231. The molecule has 0 aliphatic carbocycles. The SMILES string of the molecule is COc1ccc(C(c2cc(Br)ccc2OC)N2CCCNCC2)c(OC)c1. The summed E-state index contributed by atoms with van der Waals surface area (Å²) in [5.74, 6) is 2.48. The van der Waals surface area contributed by atoms with Crippen LogP contribution in [0.25, 0.3) is 0 Å². The Kier molecular flexibility index (Phi) is 6.99. The normalized spacial score (nSPS) is 16.4. The highest BCUT2D eigenvalue weighted by Gasteiger charge is 2.29. The van der Waals surface area contributed by atoms with E-state index in [4.69, 9.17) is 14.2 Å². The molecule has 27 heavy (non-hydrogen) atoms. The van der Waals surface area contributed by atoms with Crippen molar-refractivity contribution in [2.45, 2.75) is 12.5 Å². The molecule has 1 heterocycles. The van der Waals surface area contributed by atoms with Gasteiger partial charge in [0.15, 0.2) is 0 Å². The Bertz CT molecular complexity index is 761. The first-order valence-corrected chi connectivity index (χ1v) is 9.97. The maximum absolute atomic E-state index is 5.74. The van der Waals surface area contributed by atoms with Crippen LogP contribution < -0.4 is 19.5 Å². The lowest BCUT2D eigenvalue weighted by atomic mass is 9.94. The molecule has 1 atom stereocenters. The molecule has 1 aliphatic rings. The van der Waals surface area contributed by atoms with Crippen molar-refractivity contribution in [2.75, 3.05) is 47.5 Å². The molecule has 2 aromatic rings. The Morgan fingerprint density at radius 3 is 2.44 bits per heavy atom. The molecule has 1 unspecified atom stereocenters. The minimum Gasteiger partial charge on any atom is -0.497 e. The lowest BCUT2D eigenvalue weighted by Crippen LogP contribution is -2.33. The first-order valence-electron chi connectivity index (χ1n) is 9.18. The Morgan fingerprint density at radius 2 is 1.70 bits per heavy atom. The summed E-state index contributed by atoms with van der Waals surface area (Å²) in [5, 5.41) is 3.49. The van der Waals surface area contributed by atoms with Crippen molar-refractivity contribution in [3.8, 4) is 17.2 Å². The van der Waals surface area contributed by atoms with Crippen molar-refractivity contribution in [1.29, 1.82) is 0 Å². The Morgan fingerprint density at radius 1 is 0.889 bits per heavy atom. The van der Waals surface area contributed by atoms with Gasteiger partial charge in [-0.25, -0.2) is 0 Å². The second-order valence-corrected chi connectivity index (χ2v) is 7.45. The predicted molar refractivity (Wildman–Crippen MR) is 111 cm³/mol. The van der Waals surface area contributed by atoms with Gasteiger partial charge in [0, 0.05) is 41.3 Å². The van der Waals surface area contributed by atoms with Crippen LogP contribution in [0.5, 0.6) is 17.2 Å². The second-order valence-electron chi connectivity index (χ2n) is 6.54. The van der Waals surface area contributed by atoms with Crippen molar-refractivity contribution < 1.29 is 14.2 Å². The topological polar surface area (TPSA) is 43.0 Å². The van der Waals surface area contributed by atoms with Gasteiger partial charge in [-0.15, -0.1) is 0 Å². The van der Waals surface area contributed by atoms with Crippen LogP contribution in [0, 0.1) is 0 Å². The average Bonchev–Trinajstić information content (AvgIpc) is 2.98. The number of halogens is 1. The highest BCUT2D eigenvalue weighted by molar-refractivity contribution is 9.10. The zero-order valence-electron chi connectivity index (χ0n) is 16.1. The maximum atomic E-state index is 5.74. The summed E-state index contributed by atoms with van der Waals surface area (Å²) >= 11 is 3.63. The molecule has 0 spiro atoms. The van der Waals surface area contributed by atoms with Crippen LogP contribution in [0.15, 0.2) is 40.9 Å². The van der Waals surface area contributed by atoms with Crippen LogP contribution in [-0.4, -0.2) is 52.4 Å². The van der Waals surface area contributed by atoms with Gasteiger partial charge in [0.25, 0.3) is 0 Å². The lowest BCUT2D eigenvalue weighted by Gasteiger charge is -2.33. The fourth-order valence-corrected chi connectivity index (χ4v) is 4.03. The predicted octanol–water partition coefficient (Wildman–Crippen LogP) is 3.86. The van der Waals surface area contributed by atoms with Crippen molar-refractivity contribution in [2.24, 2.45) is 0 Å². The summed E-state index contributed by atoms with van der Waals surface area (Å²) in [5.41, 5.74) is 2.23. The third kappa shape index (κ3) is 4.57. The molecule has 0 bridgehead atoms. The van der Waals surface area contributed by atoms with Crippen molar-refractivity contribution in [1.82, 2.24) is 10.2 Å². The summed E-state index contributed by atoms with van der Waals surface area (Å²) in [6.45, 7) is 3.96. The van der Waals surface area contributed by atoms with Crippen LogP contribution in [0.2, 0.25) is 0 Å². The van der Waals surface area contributed by atoms with Gasteiger partial charge in [-0.2, -0.15) is 0 Å². The highest BCUT2D eigenvalue weighted by atomic mass is 79.9. The molecule has 0 saturated carbocycles. The number of rotatable bonds is 6. The van der Waals surface area contributed by atoms with E-state index in [1.54, 1.807) is 21.3 Å². The van der Waals surface area contributed by atoms with Gasteiger partial charge in [0.05, 0.1) is 27.4 Å². The fourth-order valence-electron chi connectivity index (χ4n) is 3.65. The highest BCUT2D eigenvalue weighted by Crippen LogP contribution is 2.41. The van der Waals surface area contributed by atoms with Gasteiger partial charge < -0.3 is 19.5 Å². The van der Waals surface area contributed by atoms with Crippen LogP contribution in [0.1, 0.15) is 23.6 Å². The van der Waals surface area contributed by atoms with E-state index in [1.807, 2.05) is 24.3 Å². The Labute approximate surface area is 169 Å². The van der Waals surface area contributed by atoms with E-state index in [0.29, 0.717) is 0 Å². The van der Waals surface area contributed by atoms with Crippen molar-refractivity contribution >= 4 is 15.9 Å². The molecule has 146 valence electrons. The van der Waals surface area contributed by atoms with Crippen LogP contribution in [0.3, 0.4) is 0 Å². The average molecular weight is 435 g/mol. The number of hydrogen-bond donors (Lipinski definition) is 1. The molecule has 3 rings (SSSR count). The second kappa shape index (κ2) is 9.44. The number of nitrogens with one attached hydrogen (secondary N) is 1. The summed E-state index contributed by atoms with van der Waals surface area (Å²) in [7, 11) is 5.10. The molecule has 0 amide bonds. The van der Waals surface area contributed by atoms with E-state index >= 15 is 0 Å². The third-order valence-electron chi connectivity index (χ3n) is 4.96. The first-order chi connectivity index (χ1) is 13.2. The quantitative estimate of drug-likeness (QED) is 0.747. The minimum absolute atomic E-state index is 0.0261. The molecule has 1 N–H and O–H groups in total. The Hall–Kier alpha value is -1.76. The molecule has 1 fully saturated rings. The van der Waals surface area contributed by atoms with E-state index in [0.717, 1.165) is 65.4 Å². The molecule has 1 aliphatic heterocycles. The van der Waals surface area contributed by atoms with E-state index in [9.17, 15) is 0 Å². The third-order valence-corrected chi connectivity index (χ3v) is 5.45. The number of methoxy groups -OCH3 is 3. The van der Waals surface area contributed by atoms with E-state index in [2.05, 4.69) is 38.3 Å². The maximum Gasteiger partial charge on any atom is 0.127 e. The van der Waals surface area contributed by atoms with Gasteiger partial charge in [-0.1, -0.05) is 15.9 Å². The summed E-state index contributed by atoms with van der Waals surface area (Å²) in [6.07, 6.45) is 1.10. The van der Waals surface area contributed by atoms with Crippen molar-refractivity contribution in [3.63, 3.8) is 0 Å². The summed E-state index contributed by atoms with van der Waals surface area (Å²) in [6, 6.07) is 12.2. The smallest absolute Gasteiger partial charge is 0.127 e. The summed E-state index contributed by atoms with van der Waals surface area (Å²) < 4.78 is 17.9. The Balaban J connectivity index is 2.15. The van der Waals surface area contributed by atoms with E-state index in [1.165, 1.54) is 0 Å². The number of benzene rings is 2. The fraction of sp³-hybridized carbons (Fsp3) is 0.429. The number of ether oxygens (including phenoxy) is 3. The summed E-state index contributed by atoms with van der Waals surface area (Å²) in [4.78, 5) is 2.49. The minimum atomic E-state index is 0.0261. The monoisotopic (exact) mass is 434 g/mol. The zero-order valence-corrected chi connectivity index (χ0v) is 17.7. The van der Waals surface area contributed by atoms with Crippen LogP contribution >= 0.6 is 15.9 Å². The van der Waals surface area contributed by atoms with Crippen LogP contribution in [0.4, 0.5) is 0 Å². The largest absolute Gasteiger partial charge is 0.497 e. The molecule has 0 aromatic heterocycles. The molecule has 1 saturated heterocycles. The number of hydrogen-bond acceptors (Lipinski definition) is 5. The molecule has 6 heteroatoms. The van der Waals surface area contributed by atoms with E-state index < -0.39 is 0 Å². The standard InChI is InChI=1S/C21H27BrN2O3/c1-25-16-6-7-17(20(14-16)27-3)21(24-11-4-9-23-10-12-24)18-13-15(22)5-8-19(18)26-2/h5-8,13-14,21,23H,4,9-12H2,1-3H3. The van der Waals surface area contributed by atoms with Gasteiger partial charge in [-0.3, -0.25) is 4.90 Å². The molecule has 2 aromatic carbocycles. The van der Waals surface area contributed by atoms with Gasteiger partial charge in [0.2, 0.25) is 0 Å². The molecule has 5 nitrogen and oxygen atoms in total. The molecular weight excluding hydrogens is 408 g/mol. The zero-order chi connectivity index (χ0) is 19.2. The number of nitrogens with zero attached hydrogens (tertiary/aromatic N) is 1. The van der Waals surface area contributed by atoms with Crippen LogP contribution in [-0.2, 0) is 0 Å². The first kappa shape index (κ1) is 20.0. The molecular formula is C21H27BrN2O3. The van der Waals surface area contributed by atoms with Gasteiger partial charge in [-0.05, 0) is 43.3 Å². The van der Waals surface area contributed by atoms with Crippen molar-refractivity contribution in [3.05, 3.63) is 52.0 Å². The van der Waals surface area contributed by atoms with Gasteiger partial charge in [0.1, 0.15) is 17.2 Å². The molecule has 0 radical (unpaired) electrons. The van der Waals surface area contributed by atoms with Gasteiger partial charge >= 0.3 is 0 Å².